The molecule has 19 heavy (non-hydrogen) atoms. The van der Waals surface area contributed by atoms with Gasteiger partial charge in [-0.15, -0.1) is 0 Å². The summed E-state index contributed by atoms with van der Waals surface area (Å²) in [5.41, 5.74) is 3.05. The first-order chi connectivity index (χ1) is 9.33. The molecule has 104 valence electrons. The van der Waals surface area contributed by atoms with Crippen LogP contribution < -0.4 is 5.32 Å². The van der Waals surface area contributed by atoms with E-state index in [-0.39, 0.29) is 0 Å². The molecule has 2 aliphatic rings. The van der Waals surface area contributed by atoms with Crippen molar-refractivity contribution < 1.29 is 0 Å². The van der Waals surface area contributed by atoms with Crippen LogP contribution >= 0.6 is 0 Å². The van der Waals surface area contributed by atoms with Crippen LogP contribution in [0.15, 0.2) is 24.3 Å². The molecule has 1 heteroatoms. The zero-order valence-corrected chi connectivity index (χ0v) is 12.2. The van der Waals surface area contributed by atoms with Gasteiger partial charge in [-0.25, -0.2) is 0 Å². The fourth-order valence-corrected chi connectivity index (χ4v) is 3.81. The molecule has 2 saturated carbocycles. The minimum atomic E-state index is 0.784. The normalized spacial score (nSPS) is 28.1. The molecule has 1 aromatic carbocycles. The largest absolute Gasteiger partial charge is 0.314 e. The molecule has 0 spiro atoms. The average molecular weight is 257 g/mol. The van der Waals surface area contributed by atoms with E-state index in [9.17, 15) is 0 Å². The molecule has 2 fully saturated rings. The monoisotopic (exact) mass is 257 g/mol. The van der Waals surface area contributed by atoms with Crippen LogP contribution in [0, 0.1) is 12.8 Å². The first-order valence-corrected chi connectivity index (χ1v) is 8.12. The number of benzene rings is 1. The van der Waals surface area contributed by atoms with E-state index in [1.165, 1.54) is 57.1 Å². The van der Waals surface area contributed by atoms with Crippen molar-refractivity contribution in [3.05, 3.63) is 35.4 Å². The molecule has 3 rings (SSSR count). The molecular formula is C18H27N. The fourth-order valence-electron chi connectivity index (χ4n) is 3.81. The number of hydrogen-bond donors (Lipinski definition) is 1. The number of hydrogen-bond acceptors (Lipinski definition) is 1. The van der Waals surface area contributed by atoms with E-state index >= 15 is 0 Å². The summed E-state index contributed by atoms with van der Waals surface area (Å²) in [5, 5.41) is 3.81. The Morgan fingerprint density at radius 1 is 1.05 bits per heavy atom. The number of aryl methyl sites for hydroxylation is 1. The average Bonchev–Trinajstić information content (AvgIpc) is 2.40. The summed E-state index contributed by atoms with van der Waals surface area (Å²) in [4.78, 5) is 0. The number of nitrogens with one attached hydrogen (secondary N) is 1. The van der Waals surface area contributed by atoms with Gasteiger partial charge in [0.2, 0.25) is 0 Å². The van der Waals surface area contributed by atoms with Crippen molar-refractivity contribution in [2.45, 2.75) is 63.8 Å². The maximum atomic E-state index is 3.81. The van der Waals surface area contributed by atoms with Crippen LogP contribution in [0.25, 0.3) is 0 Å². The molecule has 0 bridgehead atoms. The molecular weight excluding hydrogens is 230 g/mol. The standard InChI is InChI=1S/C18H27N/c1-14-7-5-6-10-18(14)16-11-17(12-16)19-13-15-8-3-2-4-9-15/h5-7,10,15-17,19H,2-4,8-9,11-13H2,1H3. The molecule has 0 radical (unpaired) electrons. The highest BCUT2D eigenvalue weighted by molar-refractivity contribution is 5.31. The zero-order valence-electron chi connectivity index (χ0n) is 12.2. The summed E-state index contributed by atoms with van der Waals surface area (Å²) in [5.74, 6) is 1.77. The molecule has 1 N–H and O–H groups in total. The van der Waals surface area contributed by atoms with E-state index in [2.05, 4.69) is 36.5 Å². The second-order valence-electron chi connectivity index (χ2n) is 6.63. The van der Waals surface area contributed by atoms with Gasteiger partial charge >= 0.3 is 0 Å². The quantitative estimate of drug-likeness (QED) is 0.842. The zero-order chi connectivity index (χ0) is 13.1. The van der Waals surface area contributed by atoms with Crippen LogP contribution in [-0.2, 0) is 0 Å². The Kier molecular flexibility index (Phi) is 4.22. The maximum Gasteiger partial charge on any atom is 0.00788 e. The second-order valence-corrected chi connectivity index (χ2v) is 6.63. The molecule has 2 aliphatic carbocycles. The van der Waals surface area contributed by atoms with Crippen LogP contribution in [0.5, 0.6) is 0 Å². The molecule has 0 heterocycles. The van der Waals surface area contributed by atoms with Gasteiger partial charge in [0, 0.05) is 6.04 Å². The van der Waals surface area contributed by atoms with Crippen molar-refractivity contribution in [1.82, 2.24) is 5.32 Å². The van der Waals surface area contributed by atoms with E-state index in [1.807, 2.05) is 0 Å². The first-order valence-electron chi connectivity index (χ1n) is 8.12. The smallest absolute Gasteiger partial charge is 0.00788 e. The summed E-state index contributed by atoms with van der Waals surface area (Å²) in [7, 11) is 0. The topological polar surface area (TPSA) is 12.0 Å². The predicted molar refractivity (Wildman–Crippen MR) is 81.5 cm³/mol. The third kappa shape index (κ3) is 3.20. The summed E-state index contributed by atoms with van der Waals surface area (Å²) in [6.45, 7) is 3.52. The van der Waals surface area contributed by atoms with Crippen LogP contribution in [0.4, 0.5) is 0 Å². The van der Waals surface area contributed by atoms with Crippen LogP contribution in [0.1, 0.15) is 62.0 Å². The third-order valence-corrected chi connectivity index (χ3v) is 5.19. The van der Waals surface area contributed by atoms with Gasteiger partial charge in [0.25, 0.3) is 0 Å². The molecule has 0 atom stereocenters. The minimum absolute atomic E-state index is 0.784. The van der Waals surface area contributed by atoms with Crippen molar-refractivity contribution in [1.29, 1.82) is 0 Å². The fraction of sp³-hybridized carbons (Fsp3) is 0.667. The van der Waals surface area contributed by atoms with Gasteiger partial charge in [-0.05, 0) is 62.1 Å². The van der Waals surface area contributed by atoms with Gasteiger partial charge < -0.3 is 5.32 Å². The second kappa shape index (κ2) is 6.09. The van der Waals surface area contributed by atoms with Gasteiger partial charge in [0.1, 0.15) is 0 Å². The Morgan fingerprint density at radius 2 is 1.79 bits per heavy atom. The molecule has 0 unspecified atom stereocenters. The molecule has 0 saturated heterocycles. The summed E-state index contributed by atoms with van der Waals surface area (Å²) in [6, 6.07) is 9.68. The predicted octanol–water partition coefficient (Wildman–Crippen LogP) is 4.41. The molecule has 1 aromatic rings. The Labute approximate surface area is 117 Å². The van der Waals surface area contributed by atoms with E-state index in [0.29, 0.717) is 0 Å². The van der Waals surface area contributed by atoms with E-state index < -0.39 is 0 Å². The molecule has 1 nitrogen and oxygen atoms in total. The lowest BCUT2D eigenvalue weighted by atomic mass is 9.74. The minimum Gasteiger partial charge on any atom is -0.314 e. The number of rotatable bonds is 4. The Morgan fingerprint density at radius 3 is 2.53 bits per heavy atom. The van der Waals surface area contributed by atoms with E-state index in [0.717, 1.165) is 17.9 Å². The van der Waals surface area contributed by atoms with Gasteiger partial charge in [-0.1, -0.05) is 43.5 Å². The SMILES string of the molecule is Cc1ccccc1C1CC(NCC2CCCCC2)C1. The Bertz CT molecular complexity index is 400. The summed E-state index contributed by atoms with van der Waals surface area (Å²) >= 11 is 0. The highest BCUT2D eigenvalue weighted by Gasteiger charge is 2.31. The summed E-state index contributed by atoms with van der Waals surface area (Å²) < 4.78 is 0. The molecule has 0 aromatic heterocycles. The van der Waals surface area contributed by atoms with Gasteiger partial charge in [-0.3, -0.25) is 0 Å². The van der Waals surface area contributed by atoms with Gasteiger partial charge in [-0.2, -0.15) is 0 Å². The summed E-state index contributed by atoms with van der Waals surface area (Å²) in [6.07, 6.45) is 10.00. The van der Waals surface area contributed by atoms with Crippen molar-refractivity contribution in [3.8, 4) is 0 Å². The Balaban J connectivity index is 1.42. The molecule has 0 aliphatic heterocycles. The highest BCUT2D eigenvalue weighted by atomic mass is 14.9. The molecule has 0 amide bonds. The Hall–Kier alpha value is -0.820. The van der Waals surface area contributed by atoms with Crippen LogP contribution in [0.2, 0.25) is 0 Å². The lowest BCUT2D eigenvalue weighted by Crippen LogP contribution is -2.42. The van der Waals surface area contributed by atoms with Crippen LogP contribution in [0.3, 0.4) is 0 Å². The van der Waals surface area contributed by atoms with Crippen molar-refractivity contribution in [3.63, 3.8) is 0 Å². The van der Waals surface area contributed by atoms with E-state index in [1.54, 1.807) is 5.56 Å². The van der Waals surface area contributed by atoms with Crippen molar-refractivity contribution >= 4 is 0 Å². The van der Waals surface area contributed by atoms with Crippen LogP contribution in [-0.4, -0.2) is 12.6 Å². The van der Waals surface area contributed by atoms with Gasteiger partial charge in [0.05, 0.1) is 0 Å². The van der Waals surface area contributed by atoms with E-state index in [4.69, 9.17) is 0 Å². The first kappa shape index (κ1) is 13.2. The maximum absolute atomic E-state index is 3.81. The van der Waals surface area contributed by atoms with Crippen molar-refractivity contribution in [2.75, 3.05) is 6.54 Å². The van der Waals surface area contributed by atoms with Crippen molar-refractivity contribution in [2.24, 2.45) is 5.92 Å². The highest BCUT2D eigenvalue weighted by Crippen LogP contribution is 2.38. The van der Waals surface area contributed by atoms with Gasteiger partial charge in [0.15, 0.2) is 0 Å². The lowest BCUT2D eigenvalue weighted by Gasteiger charge is -2.38. The lowest BCUT2D eigenvalue weighted by molar-refractivity contribution is 0.255. The third-order valence-electron chi connectivity index (χ3n) is 5.19.